The van der Waals surface area contributed by atoms with Crippen LogP contribution in [0, 0.1) is 0 Å². The largest absolute Gasteiger partial charge is 0.288 e. The Morgan fingerprint density at radius 3 is 2.79 bits per heavy atom. The van der Waals surface area contributed by atoms with Gasteiger partial charge in [0.1, 0.15) is 0 Å². The first-order valence-corrected chi connectivity index (χ1v) is 7.61. The third kappa shape index (κ3) is 2.64. The van der Waals surface area contributed by atoms with Gasteiger partial charge in [0.2, 0.25) is 5.78 Å². The Morgan fingerprint density at radius 2 is 2.00 bits per heavy atom. The highest BCUT2D eigenvalue weighted by molar-refractivity contribution is 9.10. The smallest absolute Gasteiger partial charge is 0.200 e. The van der Waals surface area contributed by atoms with E-state index in [1.807, 2.05) is 42.5 Å². The van der Waals surface area contributed by atoms with E-state index in [0.717, 1.165) is 19.8 Å². The SMILES string of the molecule is O=C1/C(=C\c2cccc(Br)c2)Sc2ccc(Cl)cc21. The van der Waals surface area contributed by atoms with Crippen LogP contribution in [0.3, 0.4) is 0 Å². The van der Waals surface area contributed by atoms with Crippen molar-refractivity contribution in [2.24, 2.45) is 0 Å². The van der Waals surface area contributed by atoms with Gasteiger partial charge in [-0.25, -0.2) is 0 Å². The molecule has 0 amide bonds. The number of fused-ring (bicyclic) bond motifs is 1. The summed E-state index contributed by atoms with van der Waals surface area (Å²) in [6.07, 6.45) is 1.91. The van der Waals surface area contributed by atoms with E-state index in [1.54, 1.807) is 6.07 Å². The lowest BCUT2D eigenvalue weighted by atomic mass is 10.1. The quantitative estimate of drug-likeness (QED) is 0.637. The van der Waals surface area contributed by atoms with E-state index in [4.69, 9.17) is 11.6 Å². The van der Waals surface area contributed by atoms with Crippen molar-refractivity contribution >= 4 is 51.2 Å². The maximum absolute atomic E-state index is 12.3. The van der Waals surface area contributed by atoms with Crippen molar-refractivity contribution in [2.45, 2.75) is 4.90 Å². The van der Waals surface area contributed by atoms with Crippen LogP contribution in [0.4, 0.5) is 0 Å². The molecule has 94 valence electrons. The number of carbonyl (C=O) groups is 1. The number of rotatable bonds is 1. The number of ketones is 1. The zero-order valence-electron chi connectivity index (χ0n) is 9.69. The highest BCUT2D eigenvalue weighted by Crippen LogP contribution is 2.41. The standard InChI is InChI=1S/C15H8BrClOS/c16-10-3-1-2-9(6-10)7-14-15(18)12-8-11(17)4-5-13(12)19-14/h1-8H/b14-7+. The first-order chi connectivity index (χ1) is 9.13. The van der Waals surface area contributed by atoms with Gasteiger partial charge >= 0.3 is 0 Å². The van der Waals surface area contributed by atoms with Crippen LogP contribution < -0.4 is 0 Å². The molecule has 0 spiro atoms. The molecule has 1 heterocycles. The molecule has 1 aliphatic heterocycles. The molecule has 2 aromatic rings. The highest BCUT2D eigenvalue weighted by atomic mass is 79.9. The number of thioether (sulfide) groups is 1. The minimum Gasteiger partial charge on any atom is -0.288 e. The van der Waals surface area contributed by atoms with Gasteiger partial charge in [0.05, 0.1) is 4.91 Å². The van der Waals surface area contributed by atoms with E-state index in [2.05, 4.69) is 15.9 Å². The van der Waals surface area contributed by atoms with Crippen molar-refractivity contribution in [2.75, 3.05) is 0 Å². The van der Waals surface area contributed by atoms with Crippen molar-refractivity contribution in [3.8, 4) is 0 Å². The van der Waals surface area contributed by atoms with Gasteiger partial charge in [0.25, 0.3) is 0 Å². The van der Waals surface area contributed by atoms with Crippen LogP contribution in [0.1, 0.15) is 15.9 Å². The first kappa shape index (κ1) is 13.0. The molecule has 1 nitrogen and oxygen atoms in total. The summed E-state index contributed by atoms with van der Waals surface area (Å²) in [7, 11) is 0. The Bertz CT molecular complexity index is 709. The third-order valence-corrected chi connectivity index (χ3v) is 4.60. The Kier molecular flexibility index (Phi) is 3.52. The molecule has 0 fully saturated rings. The number of carbonyl (C=O) groups excluding carboxylic acids is 1. The maximum Gasteiger partial charge on any atom is 0.200 e. The van der Waals surface area contributed by atoms with E-state index >= 15 is 0 Å². The fraction of sp³-hybridized carbons (Fsp3) is 0. The van der Waals surface area contributed by atoms with Crippen LogP contribution in [0.2, 0.25) is 5.02 Å². The predicted octanol–water partition coefficient (Wildman–Crippen LogP) is 5.43. The molecule has 4 heteroatoms. The van der Waals surface area contributed by atoms with Crippen molar-refractivity contribution in [1.29, 1.82) is 0 Å². The summed E-state index contributed by atoms with van der Waals surface area (Å²) < 4.78 is 0.998. The van der Waals surface area contributed by atoms with Gasteiger partial charge in [-0.15, -0.1) is 0 Å². The van der Waals surface area contributed by atoms with Crippen LogP contribution in [0.5, 0.6) is 0 Å². The molecule has 3 rings (SSSR count). The molecule has 1 aliphatic rings. The number of hydrogen-bond donors (Lipinski definition) is 0. The van der Waals surface area contributed by atoms with Crippen LogP contribution in [0.25, 0.3) is 6.08 Å². The molecule has 0 saturated heterocycles. The lowest BCUT2D eigenvalue weighted by Gasteiger charge is -1.97. The molecule has 0 aromatic heterocycles. The summed E-state index contributed by atoms with van der Waals surface area (Å²) in [5.74, 6) is 0.0440. The molecule has 0 N–H and O–H groups in total. The minimum atomic E-state index is 0.0440. The summed E-state index contributed by atoms with van der Waals surface area (Å²) in [4.78, 5) is 14.0. The van der Waals surface area contributed by atoms with Crippen molar-refractivity contribution in [3.63, 3.8) is 0 Å². The Hall–Kier alpha value is -1.03. The molecule has 0 radical (unpaired) electrons. The number of hydrogen-bond acceptors (Lipinski definition) is 2. The molecule has 0 atom stereocenters. The topological polar surface area (TPSA) is 17.1 Å². The highest BCUT2D eigenvalue weighted by Gasteiger charge is 2.25. The molecule has 0 unspecified atom stereocenters. The van der Waals surface area contributed by atoms with E-state index in [0.29, 0.717) is 10.6 Å². The van der Waals surface area contributed by atoms with Crippen LogP contribution >= 0.6 is 39.3 Å². The number of Topliss-reactive ketones (excluding diaryl/α,β-unsaturated/α-hetero) is 1. The fourth-order valence-electron chi connectivity index (χ4n) is 1.91. The number of benzene rings is 2. The number of allylic oxidation sites excluding steroid dienone is 1. The normalized spacial score (nSPS) is 15.9. The molecular weight excluding hydrogens is 344 g/mol. The zero-order valence-corrected chi connectivity index (χ0v) is 12.8. The predicted molar refractivity (Wildman–Crippen MR) is 83.8 cm³/mol. The average molecular weight is 352 g/mol. The van der Waals surface area contributed by atoms with Gasteiger partial charge in [0.15, 0.2) is 0 Å². The van der Waals surface area contributed by atoms with Crippen LogP contribution in [0.15, 0.2) is 56.7 Å². The number of halogens is 2. The van der Waals surface area contributed by atoms with E-state index in [-0.39, 0.29) is 5.78 Å². The van der Waals surface area contributed by atoms with E-state index in [9.17, 15) is 4.79 Å². The second kappa shape index (κ2) is 5.16. The lowest BCUT2D eigenvalue weighted by molar-refractivity contribution is 0.104. The van der Waals surface area contributed by atoms with Gasteiger partial charge in [-0.2, -0.15) is 0 Å². The lowest BCUT2D eigenvalue weighted by Crippen LogP contribution is -1.93. The van der Waals surface area contributed by atoms with E-state index in [1.165, 1.54) is 11.8 Å². The minimum absolute atomic E-state index is 0.0440. The molecule has 0 bridgehead atoms. The molecule has 2 aromatic carbocycles. The van der Waals surface area contributed by atoms with Crippen molar-refractivity contribution in [1.82, 2.24) is 0 Å². The van der Waals surface area contributed by atoms with Gasteiger partial charge < -0.3 is 0 Å². The molecule has 0 aliphatic carbocycles. The fourth-order valence-corrected chi connectivity index (χ4v) is 3.53. The summed E-state index contributed by atoms with van der Waals surface area (Å²) in [5.41, 5.74) is 1.70. The average Bonchev–Trinajstić information content (AvgIpc) is 2.67. The molecule has 0 saturated carbocycles. The maximum atomic E-state index is 12.3. The van der Waals surface area contributed by atoms with Crippen molar-refractivity contribution < 1.29 is 4.79 Å². The summed E-state index contributed by atoms with van der Waals surface area (Å²) in [6.45, 7) is 0. The summed E-state index contributed by atoms with van der Waals surface area (Å²) in [5, 5.41) is 0.594. The second-order valence-electron chi connectivity index (χ2n) is 4.14. The molecule has 19 heavy (non-hydrogen) atoms. The Balaban J connectivity index is 2.00. The third-order valence-electron chi connectivity index (χ3n) is 2.78. The second-order valence-corrected chi connectivity index (χ2v) is 6.57. The Labute approximate surface area is 128 Å². The van der Waals surface area contributed by atoms with Gasteiger partial charge in [-0.05, 0) is 42.0 Å². The van der Waals surface area contributed by atoms with Crippen LogP contribution in [-0.4, -0.2) is 5.78 Å². The molecular formula is C15H8BrClOS. The zero-order chi connectivity index (χ0) is 13.4. The van der Waals surface area contributed by atoms with Gasteiger partial charge in [-0.3, -0.25) is 4.79 Å². The monoisotopic (exact) mass is 350 g/mol. The van der Waals surface area contributed by atoms with Gasteiger partial charge in [-0.1, -0.05) is 51.4 Å². The van der Waals surface area contributed by atoms with Gasteiger partial charge in [0, 0.05) is 20.0 Å². The summed E-state index contributed by atoms with van der Waals surface area (Å²) >= 11 is 10.8. The summed E-state index contributed by atoms with van der Waals surface area (Å²) in [6, 6.07) is 13.3. The van der Waals surface area contributed by atoms with E-state index < -0.39 is 0 Å². The first-order valence-electron chi connectivity index (χ1n) is 5.63. The Morgan fingerprint density at radius 1 is 1.16 bits per heavy atom. The van der Waals surface area contributed by atoms with Crippen LogP contribution in [-0.2, 0) is 0 Å². The van der Waals surface area contributed by atoms with Crippen molar-refractivity contribution in [3.05, 3.63) is 68.0 Å².